The van der Waals surface area contributed by atoms with E-state index in [2.05, 4.69) is 94.1 Å². The Labute approximate surface area is 277 Å². The zero-order chi connectivity index (χ0) is 32.1. The first-order chi connectivity index (χ1) is 23.1. The average Bonchev–Trinajstić information content (AvgIpc) is 3.42. The third-order valence-corrected chi connectivity index (χ3v) is 15.7. The molecule has 0 aliphatic carbocycles. The molecular weight excluding hydrogens is 639 g/mol. The molecule has 6 aromatic rings. The van der Waals surface area contributed by atoms with Crippen LogP contribution in [0.4, 0.5) is 8.78 Å². The van der Waals surface area contributed by atoms with Crippen LogP contribution >= 0.6 is 0 Å². The van der Waals surface area contributed by atoms with Crippen LogP contribution in [0.1, 0.15) is 33.4 Å². The van der Waals surface area contributed by atoms with E-state index in [1.807, 2.05) is 60.7 Å². The van der Waals surface area contributed by atoms with Crippen LogP contribution in [0.15, 0.2) is 170 Å². The Hall–Kier alpha value is -5.68. The molecule has 0 saturated heterocycles. The molecule has 0 unspecified atom stereocenters. The van der Waals surface area contributed by atoms with E-state index >= 15 is 0 Å². The van der Waals surface area contributed by atoms with E-state index in [9.17, 15) is 8.78 Å². The van der Waals surface area contributed by atoms with Crippen LogP contribution in [0.3, 0.4) is 0 Å². The van der Waals surface area contributed by atoms with Gasteiger partial charge in [-0.25, -0.2) is 0 Å². The van der Waals surface area contributed by atoms with Crippen molar-refractivity contribution in [2.45, 2.75) is 0 Å². The van der Waals surface area contributed by atoms with Crippen molar-refractivity contribution < 1.29 is 8.78 Å². The van der Waals surface area contributed by atoms with E-state index in [4.69, 9.17) is 0 Å². The molecule has 0 nitrogen and oxygen atoms in total. The molecule has 0 N–H and O–H groups in total. The Balaban J connectivity index is 1.70. The fraction of sp³-hybridized carbons (Fsp3) is 0. The van der Waals surface area contributed by atoms with Gasteiger partial charge in [0, 0.05) is 0 Å². The van der Waals surface area contributed by atoms with Gasteiger partial charge in [0.15, 0.2) is 0 Å². The monoisotopic (exact) mass is 668 g/mol. The molecule has 0 saturated carbocycles. The third-order valence-electron chi connectivity index (χ3n) is 8.19. The van der Waals surface area contributed by atoms with Gasteiger partial charge in [0.1, 0.15) is 0 Å². The van der Waals surface area contributed by atoms with Gasteiger partial charge in [-0.2, -0.15) is 0 Å². The molecule has 0 fully saturated rings. The Morgan fingerprint density at radius 1 is 0.362 bits per heavy atom. The van der Waals surface area contributed by atoms with Crippen molar-refractivity contribution in [1.82, 2.24) is 0 Å². The van der Waals surface area contributed by atoms with E-state index in [1.54, 1.807) is 12.1 Å². The van der Waals surface area contributed by atoms with E-state index in [0.717, 1.165) is 42.2 Å². The predicted molar refractivity (Wildman–Crippen MR) is 192 cm³/mol. The summed E-state index contributed by atoms with van der Waals surface area (Å²) in [5.41, 5.74) is 7.53. The molecule has 0 bridgehead atoms. The topological polar surface area (TPSA) is 0 Å². The van der Waals surface area contributed by atoms with Crippen molar-refractivity contribution in [2.24, 2.45) is 0 Å². The SMILES string of the molecule is Fc1cccc(C#[C][Ge]2([C]#Cc3cccc(F)c3)[C](c3ccccc3)=C(c3ccccc3)C(c3ccccc3)=[C]2c2ccccc2)c1. The molecule has 0 radical (unpaired) electrons. The van der Waals surface area contributed by atoms with Gasteiger partial charge in [-0.15, -0.1) is 0 Å². The van der Waals surface area contributed by atoms with Crippen LogP contribution in [0.25, 0.3) is 20.0 Å². The molecule has 47 heavy (non-hydrogen) atoms. The minimum absolute atomic E-state index is 0.344. The van der Waals surface area contributed by atoms with E-state index in [1.165, 1.54) is 24.3 Å². The standard InChI is InChI=1S/C44H28F2Ge/c45-39-25-13-15-33(31-39)27-29-47(30-28-34-16-14-26-40(46)32-34)43(37-21-9-3-10-22-37)41(35-17-5-1-6-18-35)42(36-19-7-2-8-20-36)44(47)38-23-11-4-12-24-38/h1-26,31-32H. The van der Waals surface area contributed by atoms with Gasteiger partial charge in [0.05, 0.1) is 0 Å². The van der Waals surface area contributed by atoms with Crippen molar-refractivity contribution in [2.75, 3.05) is 0 Å². The van der Waals surface area contributed by atoms with Crippen molar-refractivity contribution in [3.63, 3.8) is 0 Å². The second-order valence-electron chi connectivity index (χ2n) is 11.2. The van der Waals surface area contributed by atoms with Crippen LogP contribution in [-0.4, -0.2) is 13.3 Å². The summed E-state index contributed by atoms with van der Waals surface area (Å²) < 4.78 is 38.8. The Bertz CT molecular complexity index is 2080. The normalized spacial score (nSPS) is 13.4. The molecule has 1 heterocycles. The van der Waals surface area contributed by atoms with E-state index in [0.29, 0.717) is 11.1 Å². The quantitative estimate of drug-likeness (QED) is 0.130. The molecule has 3 heteroatoms. The van der Waals surface area contributed by atoms with Gasteiger partial charge in [0.25, 0.3) is 0 Å². The summed E-state index contributed by atoms with van der Waals surface area (Å²) in [6.07, 6.45) is 0. The molecule has 0 amide bonds. The van der Waals surface area contributed by atoms with Gasteiger partial charge < -0.3 is 0 Å². The molecule has 222 valence electrons. The van der Waals surface area contributed by atoms with Crippen molar-refractivity contribution in [1.29, 1.82) is 0 Å². The number of hydrogen-bond donors (Lipinski definition) is 0. The van der Waals surface area contributed by atoms with Crippen molar-refractivity contribution in [3.8, 4) is 21.3 Å². The predicted octanol–water partition coefficient (Wildman–Crippen LogP) is 10.2. The first kappa shape index (κ1) is 30.0. The Kier molecular flexibility index (Phi) is 8.53. The van der Waals surface area contributed by atoms with Gasteiger partial charge in [-0.3, -0.25) is 0 Å². The van der Waals surface area contributed by atoms with Crippen LogP contribution in [-0.2, 0) is 0 Å². The zero-order valence-electron chi connectivity index (χ0n) is 25.4. The summed E-state index contributed by atoms with van der Waals surface area (Å²) in [5.74, 6) is 6.13. The van der Waals surface area contributed by atoms with Crippen molar-refractivity contribution >= 4 is 33.2 Å². The number of benzene rings is 6. The fourth-order valence-electron chi connectivity index (χ4n) is 6.21. The summed E-state index contributed by atoms with van der Waals surface area (Å²) in [7, 11) is 0. The van der Waals surface area contributed by atoms with Crippen LogP contribution < -0.4 is 0 Å². The molecule has 1 aliphatic rings. The van der Waals surface area contributed by atoms with Crippen LogP contribution in [0, 0.1) is 33.0 Å². The molecule has 0 spiro atoms. The number of rotatable bonds is 4. The van der Waals surface area contributed by atoms with Crippen LogP contribution in [0.2, 0.25) is 0 Å². The Morgan fingerprint density at radius 3 is 1.04 bits per heavy atom. The second kappa shape index (κ2) is 13.4. The maximum atomic E-state index is 14.5. The molecule has 7 rings (SSSR count). The summed E-state index contributed by atoms with van der Waals surface area (Å²) in [5, 5.41) is 0. The summed E-state index contributed by atoms with van der Waals surface area (Å²) in [4.78, 5) is 0. The number of allylic oxidation sites excluding steroid dienone is 2. The third kappa shape index (κ3) is 6.13. The van der Waals surface area contributed by atoms with E-state index < -0.39 is 13.3 Å². The number of halogens is 2. The zero-order valence-corrected chi connectivity index (χ0v) is 27.5. The summed E-state index contributed by atoms with van der Waals surface area (Å²) in [6, 6.07) is 54.3. The molecule has 6 aromatic carbocycles. The molecular formula is C44H28F2Ge. The summed E-state index contributed by atoms with van der Waals surface area (Å²) >= 11 is -4.26. The molecule has 0 aromatic heterocycles. The van der Waals surface area contributed by atoms with Crippen LogP contribution in [0.5, 0.6) is 0 Å². The fourth-order valence-corrected chi connectivity index (χ4v) is 14.5. The Morgan fingerprint density at radius 2 is 0.702 bits per heavy atom. The summed E-state index contributed by atoms with van der Waals surface area (Å²) in [6.45, 7) is 0. The molecule has 1 aliphatic heterocycles. The molecule has 0 atom stereocenters. The second-order valence-corrected chi connectivity index (χ2v) is 17.5. The minimum atomic E-state index is -4.26. The van der Waals surface area contributed by atoms with Gasteiger partial charge in [-0.1, -0.05) is 0 Å². The average molecular weight is 667 g/mol. The van der Waals surface area contributed by atoms with Gasteiger partial charge >= 0.3 is 278 Å². The number of hydrogen-bond acceptors (Lipinski definition) is 0. The van der Waals surface area contributed by atoms with E-state index in [-0.39, 0.29) is 11.6 Å². The first-order valence-corrected chi connectivity index (χ1v) is 19.6. The maximum absolute atomic E-state index is 14.5. The van der Waals surface area contributed by atoms with Crippen molar-refractivity contribution in [3.05, 3.63) is 215 Å². The first-order valence-electron chi connectivity index (χ1n) is 15.4. The van der Waals surface area contributed by atoms with Gasteiger partial charge in [-0.05, 0) is 0 Å². The van der Waals surface area contributed by atoms with Gasteiger partial charge in [0.2, 0.25) is 0 Å².